The Hall–Kier alpha value is -1.77. The number of aromatic nitrogens is 2. The summed E-state index contributed by atoms with van der Waals surface area (Å²) in [7, 11) is 0. The Bertz CT molecular complexity index is 594. The maximum absolute atomic E-state index is 11.7. The first kappa shape index (κ1) is 13.7. The molecule has 1 fully saturated rings. The molecule has 0 aliphatic carbocycles. The molecule has 1 aromatic rings. The lowest BCUT2D eigenvalue weighted by atomic mass is 9.98. The van der Waals surface area contributed by atoms with Crippen molar-refractivity contribution in [2.75, 3.05) is 6.61 Å². The number of H-pyrrole nitrogens is 1. The van der Waals surface area contributed by atoms with Crippen molar-refractivity contribution in [3.05, 3.63) is 33.1 Å². The van der Waals surface area contributed by atoms with Gasteiger partial charge in [-0.25, -0.2) is 4.79 Å². The van der Waals surface area contributed by atoms with E-state index in [0.717, 1.165) is 4.57 Å². The summed E-state index contributed by atoms with van der Waals surface area (Å²) in [5, 5.41) is 19.4. The fraction of sp³-hybridized carbons (Fsp3) is 0.545. The second kappa shape index (κ2) is 4.72. The van der Waals surface area contributed by atoms with Crippen molar-refractivity contribution >= 4 is 6.72 Å². The first-order valence-electron chi connectivity index (χ1n) is 5.71. The van der Waals surface area contributed by atoms with Gasteiger partial charge in [0, 0.05) is 18.2 Å². The van der Waals surface area contributed by atoms with Crippen molar-refractivity contribution in [2.24, 2.45) is 10.9 Å². The largest absolute Gasteiger partial charge is 0.391 e. The van der Waals surface area contributed by atoms with Gasteiger partial charge in [0.25, 0.3) is 5.56 Å². The van der Waals surface area contributed by atoms with Crippen LogP contribution in [0.2, 0.25) is 0 Å². The van der Waals surface area contributed by atoms with Gasteiger partial charge >= 0.3 is 5.69 Å². The van der Waals surface area contributed by atoms with Gasteiger partial charge in [0.1, 0.15) is 12.3 Å². The van der Waals surface area contributed by atoms with E-state index in [1.54, 1.807) is 6.92 Å². The first-order chi connectivity index (χ1) is 8.95. The molecule has 0 spiro atoms. The highest BCUT2D eigenvalue weighted by Gasteiger charge is 2.53. The zero-order valence-electron chi connectivity index (χ0n) is 10.3. The SMILES string of the molecule is C=NC1(CO)OC(n2ccc(=O)[nH]c2=O)C(C)C1O. The minimum Gasteiger partial charge on any atom is -0.391 e. The average Bonchev–Trinajstić information content (AvgIpc) is 2.64. The van der Waals surface area contributed by atoms with Gasteiger partial charge in [-0.05, 0) is 6.72 Å². The predicted molar refractivity (Wildman–Crippen MR) is 66.0 cm³/mol. The smallest absolute Gasteiger partial charge is 0.330 e. The molecule has 2 heterocycles. The number of aliphatic hydroxyl groups excluding tert-OH is 2. The van der Waals surface area contributed by atoms with Crippen LogP contribution in [-0.4, -0.2) is 44.9 Å². The standard InChI is InChI=1S/C11H15N3O5/c1-6-8(17)11(5-15,12-2)19-9(6)14-4-3-7(16)13-10(14)18/h3-4,6,8-9,15,17H,2,5H2,1H3,(H,13,16,18). The van der Waals surface area contributed by atoms with E-state index in [9.17, 15) is 19.8 Å². The third-order valence-electron chi connectivity index (χ3n) is 3.35. The highest BCUT2D eigenvalue weighted by molar-refractivity contribution is 5.26. The molecule has 0 radical (unpaired) electrons. The molecule has 1 aliphatic rings. The number of nitrogens with one attached hydrogen (secondary N) is 1. The number of aliphatic imine (C=N–C) groups is 1. The second-order valence-electron chi connectivity index (χ2n) is 4.49. The van der Waals surface area contributed by atoms with Crippen LogP contribution in [0.15, 0.2) is 26.8 Å². The van der Waals surface area contributed by atoms with Crippen molar-refractivity contribution in [1.29, 1.82) is 0 Å². The van der Waals surface area contributed by atoms with Crippen LogP contribution in [0.25, 0.3) is 0 Å². The summed E-state index contributed by atoms with van der Waals surface area (Å²) in [4.78, 5) is 28.4. The lowest BCUT2D eigenvalue weighted by molar-refractivity contribution is -0.122. The molecule has 4 unspecified atom stereocenters. The fourth-order valence-corrected chi connectivity index (χ4v) is 2.20. The van der Waals surface area contributed by atoms with Gasteiger partial charge in [-0.1, -0.05) is 6.92 Å². The minimum absolute atomic E-state index is 0.513. The molecule has 1 saturated heterocycles. The molecule has 19 heavy (non-hydrogen) atoms. The fourth-order valence-electron chi connectivity index (χ4n) is 2.20. The Morgan fingerprint density at radius 3 is 2.79 bits per heavy atom. The number of hydrogen-bond acceptors (Lipinski definition) is 6. The Labute approximate surface area is 108 Å². The maximum atomic E-state index is 11.7. The van der Waals surface area contributed by atoms with E-state index in [1.165, 1.54) is 12.3 Å². The van der Waals surface area contributed by atoms with Crippen molar-refractivity contribution in [3.8, 4) is 0 Å². The average molecular weight is 269 g/mol. The van der Waals surface area contributed by atoms with E-state index in [4.69, 9.17) is 4.74 Å². The zero-order chi connectivity index (χ0) is 14.2. The lowest BCUT2D eigenvalue weighted by Gasteiger charge is -2.25. The normalized spacial score (nSPS) is 34.4. The quantitative estimate of drug-likeness (QED) is 0.574. The van der Waals surface area contributed by atoms with Crippen molar-refractivity contribution in [3.63, 3.8) is 0 Å². The first-order valence-corrected chi connectivity index (χ1v) is 5.71. The van der Waals surface area contributed by atoms with E-state index in [-0.39, 0.29) is 0 Å². The Kier molecular flexibility index (Phi) is 3.40. The summed E-state index contributed by atoms with van der Waals surface area (Å²) in [5.41, 5.74) is -2.74. The molecule has 1 aromatic heterocycles. The molecule has 3 N–H and O–H groups in total. The molecule has 8 heteroatoms. The van der Waals surface area contributed by atoms with Crippen LogP contribution in [0.3, 0.4) is 0 Å². The Balaban J connectivity index is 2.45. The third-order valence-corrected chi connectivity index (χ3v) is 3.35. The molecule has 0 aromatic carbocycles. The molecule has 0 saturated carbocycles. The highest BCUT2D eigenvalue weighted by atomic mass is 16.6. The number of nitrogens with zero attached hydrogens (tertiary/aromatic N) is 2. The monoisotopic (exact) mass is 269 g/mol. The second-order valence-corrected chi connectivity index (χ2v) is 4.49. The Morgan fingerprint density at radius 2 is 2.32 bits per heavy atom. The maximum Gasteiger partial charge on any atom is 0.330 e. The van der Waals surface area contributed by atoms with Gasteiger partial charge < -0.3 is 14.9 Å². The summed E-state index contributed by atoms with van der Waals surface area (Å²) >= 11 is 0. The van der Waals surface area contributed by atoms with Crippen LogP contribution >= 0.6 is 0 Å². The molecular formula is C11H15N3O5. The molecule has 2 rings (SSSR count). The molecule has 1 aliphatic heterocycles. The topological polar surface area (TPSA) is 117 Å². The van der Waals surface area contributed by atoms with E-state index in [0.29, 0.717) is 0 Å². The Morgan fingerprint density at radius 1 is 1.63 bits per heavy atom. The highest BCUT2D eigenvalue weighted by Crippen LogP contribution is 2.40. The number of ether oxygens (including phenoxy) is 1. The summed E-state index contributed by atoms with van der Waals surface area (Å²) in [5.74, 6) is -0.513. The van der Waals surface area contributed by atoms with Crippen LogP contribution in [0.4, 0.5) is 0 Å². The number of aromatic amines is 1. The summed E-state index contributed by atoms with van der Waals surface area (Å²) in [6.45, 7) is 4.38. The summed E-state index contributed by atoms with van der Waals surface area (Å²) < 4.78 is 6.63. The lowest BCUT2D eigenvalue weighted by Crippen LogP contribution is -2.42. The molecule has 4 atom stereocenters. The van der Waals surface area contributed by atoms with Crippen LogP contribution in [0, 0.1) is 5.92 Å². The van der Waals surface area contributed by atoms with Crippen molar-refractivity contribution in [2.45, 2.75) is 25.0 Å². The van der Waals surface area contributed by atoms with E-state index in [1.807, 2.05) is 0 Å². The van der Waals surface area contributed by atoms with Crippen LogP contribution in [-0.2, 0) is 4.74 Å². The van der Waals surface area contributed by atoms with Crippen LogP contribution in [0.5, 0.6) is 0 Å². The molecule has 8 nitrogen and oxygen atoms in total. The van der Waals surface area contributed by atoms with Gasteiger partial charge in [-0.15, -0.1) is 0 Å². The molecular weight excluding hydrogens is 254 g/mol. The third kappa shape index (κ3) is 2.03. The summed E-state index contributed by atoms with van der Waals surface area (Å²) in [6.07, 6.45) is -0.693. The number of aliphatic hydroxyl groups is 2. The number of rotatable bonds is 3. The molecule has 104 valence electrons. The van der Waals surface area contributed by atoms with Gasteiger partial charge in [0.05, 0.1) is 6.61 Å². The van der Waals surface area contributed by atoms with Gasteiger partial charge in [-0.3, -0.25) is 19.3 Å². The van der Waals surface area contributed by atoms with Crippen molar-refractivity contribution < 1.29 is 14.9 Å². The predicted octanol–water partition coefficient (Wildman–Crippen LogP) is -1.55. The number of hydrogen-bond donors (Lipinski definition) is 3. The van der Waals surface area contributed by atoms with E-state index >= 15 is 0 Å². The van der Waals surface area contributed by atoms with Crippen molar-refractivity contribution in [1.82, 2.24) is 9.55 Å². The van der Waals surface area contributed by atoms with E-state index in [2.05, 4.69) is 16.7 Å². The van der Waals surface area contributed by atoms with Crippen LogP contribution in [0.1, 0.15) is 13.2 Å². The molecule has 0 amide bonds. The minimum atomic E-state index is -1.56. The zero-order valence-corrected chi connectivity index (χ0v) is 10.3. The summed E-state index contributed by atoms with van der Waals surface area (Å²) in [6, 6.07) is 1.17. The molecule has 0 bridgehead atoms. The van der Waals surface area contributed by atoms with Crippen LogP contribution < -0.4 is 11.2 Å². The van der Waals surface area contributed by atoms with Gasteiger partial charge in [0.15, 0.2) is 0 Å². The van der Waals surface area contributed by atoms with E-state index < -0.39 is 41.8 Å². The van der Waals surface area contributed by atoms with Gasteiger partial charge in [0.2, 0.25) is 5.72 Å². The van der Waals surface area contributed by atoms with Gasteiger partial charge in [-0.2, -0.15) is 0 Å².